The number of thiazole rings is 1. The van der Waals surface area contributed by atoms with Crippen LogP contribution in [0, 0.1) is 15.9 Å². The second-order valence-electron chi connectivity index (χ2n) is 6.01. The summed E-state index contributed by atoms with van der Waals surface area (Å²) in [4.78, 5) is 27.0. The van der Waals surface area contributed by atoms with Gasteiger partial charge < -0.3 is 0 Å². The van der Waals surface area contributed by atoms with Crippen LogP contribution in [0.15, 0.2) is 51.1 Å². The third-order valence-corrected chi connectivity index (χ3v) is 8.02. The maximum Gasteiger partial charge on any atom is 0.270 e. The van der Waals surface area contributed by atoms with Crippen LogP contribution in [-0.2, 0) is 10.5 Å². The van der Waals surface area contributed by atoms with E-state index >= 15 is 0 Å². The Labute approximate surface area is 191 Å². The molecular formula is C18H12FN5O3S4. The quantitative estimate of drug-likeness (QED) is 0.154. The van der Waals surface area contributed by atoms with Crippen LogP contribution < -0.4 is 5.32 Å². The standard InChI is InChI=1S/C18H12FN5O3S4/c19-11-3-1-10(2-4-11)8-28-18-23-22-16(31-18)21-15(25)9-29-17-20-13-6-5-12(24(26)27)7-14(13)30-17/h1-7H,8-9H2,(H,21,22,25). The number of aromatic nitrogens is 3. The molecule has 2 heterocycles. The number of benzene rings is 2. The number of nitrogens with one attached hydrogen (secondary N) is 1. The molecule has 2 aromatic carbocycles. The molecule has 0 saturated heterocycles. The lowest BCUT2D eigenvalue weighted by atomic mass is 10.2. The van der Waals surface area contributed by atoms with Crippen molar-refractivity contribution in [2.45, 2.75) is 14.4 Å². The summed E-state index contributed by atoms with van der Waals surface area (Å²) in [5.74, 6) is 0.217. The molecule has 2 aromatic heterocycles. The van der Waals surface area contributed by atoms with Crippen LogP contribution in [0.25, 0.3) is 10.2 Å². The Morgan fingerprint density at radius 3 is 2.68 bits per heavy atom. The van der Waals surface area contributed by atoms with Crippen LogP contribution in [0.2, 0.25) is 0 Å². The van der Waals surface area contributed by atoms with Crippen molar-refractivity contribution in [2.24, 2.45) is 0 Å². The van der Waals surface area contributed by atoms with Gasteiger partial charge in [-0.15, -0.1) is 21.5 Å². The number of fused-ring (bicyclic) bond motifs is 1. The van der Waals surface area contributed by atoms with E-state index in [1.165, 1.54) is 70.5 Å². The average Bonchev–Trinajstić information content (AvgIpc) is 3.37. The summed E-state index contributed by atoms with van der Waals surface area (Å²) in [5, 5.41) is 22.0. The van der Waals surface area contributed by atoms with Crippen molar-refractivity contribution in [3.8, 4) is 0 Å². The lowest BCUT2D eigenvalue weighted by Gasteiger charge is -1.99. The van der Waals surface area contributed by atoms with Crippen molar-refractivity contribution in [3.63, 3.8) is 0 Å². The molecule has 13 heteroatoms. The van der Waals surface area contributed by atoms with Gasteiger partial charge in [0.25, 0.3) is 5.69 Å². The lowest BCUT2D eigenvalue weighted by molar-refractivity contribution is -0.384. The number of non-ortho nitro benzene ring substituents is 1. The second kappa shape index (κ2) is 9.68. The molecule has 4 aromatic rings. The number of nitrogens with zero attached hydrogens (tertiary/aromatic N) is 4. The van der Waals surface area contributed by atoms with Crippen LogP contribution in [0.5, 0.6) is 0 Å². The summed E-state index contributed by atoms with van der Waals surface area (Å²) in [6.07, 6.45) is 0. The van der Waals surface area contributed by atoms with Gasteiger partial charge in [-0.25, -0.2) is 9.37 Å². The molecule has 8 nitrogen and oxygen atoms in total. The molecular weight excluding hydrogens is 481 g/mol. The summed E-state index contributed by atoms with van der Waals surface area (Å²) >= 11 is 5.27. The minimum absolute atomic E-state index is 0.00909. The van der Waals surface area contributed by atoms with Gasteiger partial charge in [0.2, 0.25) is 11.0 Å². The number of nitro groups is 1. The van der Waals surface area contributed by atoms with Crippen LogP contribution in [0.4, 0.5) is 15.2 Å². The maximum atomic E-state index is 12.9. The lowest BCUT2D eigenvalue weighted by Crippen LogP contribution is -2.13. The molecule has 0 radical (unpaired) electrons. The Morgan fingerprint density at radius 2 is 1.90 bits per heavy atom. The molecule has 0 fully saturated rings. The SMILES string of the molecule is O=C(CSc1nc2ccc([N+](=O)[O-])cc2s1)Nc1nnc(SCc2ccc(F)cc2)s1. The van der Waals surface area contributed by atoms with Gasteiger partial charge >= 0.3 is 0 Å². The molecule has 0 spiro atoms. The van der Waals surface area contributed by atoms with Crippen LogP contribution >= 0.6 is 46.2 Å². The van der Waals surface area contributed by atoms with Gasteiger partial charge in [0.1, 0.15) is 5.82 Å². The number of thioether (sulfide) groups is 2. The molecule has 0 aliphatic carbocycles. The van der Waals surface area contributed by atoms with Gasteiger partial charge in [-0.1, -0.05) is 47.0 Å². The number of carbonyl (C=O) groups excluding carboxylic acids is 1. The Hall–Kier alpha value is -2.61. The predicted octanol–water partition coefficient (Wildman–Crippen LogP) is 5.22. The molecule has 1 N–H and O–H groups in total. The maximum absolute atomic E-state index is 12.9. The van der Waals surface area contributed by atoms with E-state index in [1.807, 2.05) is 0 Å². The van der Waals surface area contributed by atoms with Crippen LogP contribution in [0.1, 0.15) is 5.56 Å². The van der Waals surface area contributed by atoms with Gasteiger partial charge in [0.15, 0.2) is 8.68 Å². The number of hydrogen-bond acceptors (Lipinski definition) is 10. The van der Waals surface area contributed by atoms with Gasteiger partial charge in [-0.3, -0.25) is 20.2 Å². The molecule has 0 unspecified atom stereocenters. The van der Waals surface area contributed by atoms with E-state index in [1.54, 1.807) is 18.2 Å². The highest BCUT2D eigenvalue weighted by molar-refractivity contribution is 8.01. The topological polar surface area (TPSA) is 111 Å². The summed E-state index contributed by atoms with van der Waals surface area (Å²) in [5.41, 5.74) is 1.63. The largest absolute Gasteiger partial charge is 0.300 e. The first kappa shape index (κ1) is 21.6. The van der Waals surface area contributed by atoms with Crippen LogP contribution in [0.3, 0.4) is 0 Å². The highest BCUT2D eigenvalue weighted by atomic mass is 32.2. The van der Waals surface area contributed by atoms with E-state index in [2.05, 4.69) is 20.5 Å². The molecule has 158 valence electrons. The summed E-state index contributed by atoms with van der Waals surface area (Å²) in [7, 11) is 0. The Balaban J connectivity index is 1.28. The van der Waals surface area contributed by atoms with Crippen molar-refractivity contribution in [3.05, 3.63) is 64.0 Å². The molecule has 0 saturated carbocycles. The van der Waals surface area contributed by atoms with E-state index in [-0.39, 0.29) is 23.2 Å². The van der Waals surface area contributed by atoms with E-state index in [0.717, 1.165) is 5.56 Å². The smallest absolute Gasteiger partial charge is 0.270 e. The highest BCUT2D eigenvalue weighted by Crippen LogP contribution is 2.32. The number of hydrogen-bond donors (Lipinski definition) is 1. The number of rotatable bonds is 8. The fourth-order valence-corrected chi connectivity index (χ4v) is 6.02. The van der Waals surface area contributed by atoms with Gasteiger partial charge in [-0.2, -0.15) is 0 Å². The molecule has 4 rings (SSSR count). The zero-order valence-electron chi connectivity index (χ0n) is 15.5. The van der Waals surface area contributed by atoms with E-state index in [0.29, 0.717) is 29.8 Å². The van der Waals surface area contributed by atoms with Gasteiger partial charge in [-0.05, 0) is 23.8 Å². The second-order valence-corrected chi connectivity index (χ2v) is 10.5. The number of amides is 1. The van der Waals surface area contributed by atoms with E-state index in [9.17, 15) is 19.3 Å². The van der Waals surface area contributed by atoms with Crippen molar-refractivity contribution in [2.75, 3.05) is 11.1 Å². The Morgan fingerprint density at radius 1 is 1.10 bits per heavy atom. The molecule has 0 aliphatic heterocycles. The Kier molecular flexibility index (Phi) is 6.75. The monoisotopic (exact) mass is 493 g/mol. The van der Waals surface area contributed by atoms with Crippen molar-refractivity contribution >= 4 is 73.1 Å². The Bertz CT molecular complexity index is 1240. The molecule has 0 bridgehead atoms. The zero-order valence-corrected chi connectivity index (χ0v) is 18.7. The van der Waals surface area contributed by atoms with Crippen LogP contribution in [-0.4, -0.2) is 31.8 Å². The first-order valence-electron chi connectivity index (χ1n) is 8.64. The molecule has 31 heavy (non-hydrogen) atoms. The van der Waals surface area contributed by atoms with Gasteiger partial charge in [0, 0.05) is 17.9 Å². The third-order valence-electron chi connectivity index (χ3n) is 3.82. The predicted molar refractivity (Wildman–Crippen MR) is 121 cm³/mol. The molecule has 1 amide bonds. The van der Waals surface area contributed by atoms with E-state index in [4.69, 9.17) is 0 Å². The fourth-order valence-electron chi connectivity index (χ4n) is 2.39. The normalized spacial score (nSPS) is 11.0. The van der Waals surface area contributed by atoms with E-state index < -0.39 is 4.92 Å². The minimum Gasteiger partial charge on any atom is -0.300 e. The molecule has 0 atom stereocenters. The summed E-state index contributed by atoms with van der Waals surface area (Å²) in [6.45, 7) is 0. The summed E-state index contributed by atoms with van der Waals surface area (Å²) < 4.78 is 15.0. The highest BCUT2D eigenvalue weighted by Gasteiger charge is 2.13. The third kappa shape index (κ3) is 5.76. The number of halogens is 1. The van der Waals surface area contributed by atoms with Crippen molar-refractivity contribution in [1.82, 2.24) is 15.2 Å². The van der Waals surface area contributed by atoms with Gasteiger partial charge in [0.05, 0.1) is 20.9 Å². The zero-order chi connectivity index (χ0) is 21.8. The fraction of sp³-hybridized carbons (Fsp3) is 0.111. The minimum atomic E-state index is -0.451. The van der Waals surface area contributed by atoms with Crippen molar-refractivity contribution < 1.29 is 14.1 Å². The molecule has 0 aliphatic rings. The number of nitro benzene ring substituents is 1. The van der Waals surface area contributed by atoms with Crippen molar-refractivity contribution in [1.29, 1.82) is 0 Å². The summed E-state index contributed by atoms with van der Waals surface area (Å²) in [6, 6.07) is 10.7. The number of carbonyl (C=O) groups is 1. The first-order chi connectivity index (χ1) is 15.0. The average molecular weight is 494 g/mol. The first-order valence-corrected chi connectivity index (χ1v) is 12.2. The number of anilines is 1.